The Morgan fingerprint density at radius 3 is 2.44 bits per heavy atom. The quantitative estimate of drug-likeness (QED) is 0.825. The van der Waals surface area contributed by atoms with Gasteiger partial charge in [0.15, 0.2) is 29.1 Å². The maximum absolute atomic E-state index is 12.3. The first-order chi connectivity index (χ1) is 13.1. The van der Waals surface area contributed by atoms with E-state index >= 15 is 0 Å². The summed E-state index contributed by atoms with van der Waals surface area (Å²) in [5.74, 6) is 1.14. The number of carbonyl (C=O) groups excluding carboxylic acids is 2. The van der Waals surface area contributed by atoms with Crippen molar-refractivity contribution in [2.75, 3.05) is 25.3 Å². The number of carbonyl (C=O) groups is 2. The summed E-state index contributed by atoms with van der Waals surface area (Å²) in [6.07, 6.45) is -0.990. The van der Waals surface area contributed by atoms with Crippen molar-refractivity contribution in [1.29, 1.82) is 0 Å². The summed E-state index contributed by atoms with van der Waals surface area (Å²) in [4.78, 5) is 24.6. The molecular weight excluding hydrogens is 354 g/mol. The molecule has 2 aliphatic rings. The fraction of sp³-hybridized carbons (Fsp3) is 0.263. The lowest BCUT2D eigenvalue weighted by Crippen LogP contribution is -2.30. The molecule has 8 heteroatoms. The van der Waals surface area contributed by atoms with Crippen molar-refractivity contribution in [2.45, 2.75) is 13.0 Å². The second-order valence-electron chi connectivity index (χ2n) is 5.96. The molecule has 0 saturated carbocycles. The first-order valence-corrected chi connectivity index (χ1v) is 8.41. The summed E-state index contributed by atoms with van der Waals surface area (Å²) in [6, 6.07) is 9.78. The van der Waals surface area contributed by atoms with Crippen LogP contribution in [0.25, 0.3) is 0 Å². The average molecular weight is 371 g/mol. The smallest absolute Gasteiger partial charge is 0.339 e. The number of benzene rings is 2. The molecule has 0 radical (unpaired) electrons. The number of rotatable bonds is 4. The van der Waals surface area contributed by atoms with E-state index < -0.39 is 18.0 Å². The topological polar surface area (TPSA) is 92.3 Å². The van der Waals surface area contributed by atoms with E-state index in [1.54, 1.807) is 30.3 Å². The number of nitrogens with one attached hydrogen (secondary N) is 1. The maximum atomic E-state index is 12.3. The Balaban J connectivity index is 1.38. The van der Waals surface area contributed by atoms with Gasteiger partial charge in [-0.1, -0.05) is 0 Å². The van der Waals surface area contributed by atoms with E-state index in [0.717, 1.165) is 0 Å². The van der Waals surface area contributed by atoms with Gasteiger partial charge in [-0.15, -0.1) is 0 Å². The standard InChI is InChI=1S/C19H17NO7/c1-11(27-19(22)12-2-4-15-16(8-12)26-10-25-15)18(21)20-13-3-5-14-17(9-13)24-7-6-23-14/h2-5,8-9,11H,6-7,10H2,1H3,(H,20,21)/t11-/m0/s1. The number of hydrogen-bond acceptors (Lipinski definition) is 7. The number of esters is 1. The minimum Gasteiger partial charge on any atom is -0.486 e. The second-order valence-corrected chi connectivity index (χ2v) is 5.96. The molecule has 4 rings (SSSR count). The highest BCUT2D eigenvalue weighted by Gasteiger charge is 2.22. The van der Waals surface area contributed by atoms with Gasteiger partial charge in [-0.05, 0) is 37.3 Å². The molecule has 0 aliphatic carbocycles. The van der Waals surface area contributed by atoms with Gasteiger partial charge in [-0.3, -0.25) is 4.79 Å². The Morgan fingerprint density at radius 2 is 1.59 bits per heavy atom. The van der Waals surface area contributed by atoms with Crippen LogP contribution in [0.15, 0.2) is 36.4 Å². The van der Waals surface area contributed by atoms with Crippen LogP contribution in [0.3, 0.4) is 0 Å². The largest absolute Gasteiger partial charge is 0.486 e. The molecule has 0 spiro atoms. The zero-order valence-electron chi connectivity index (χ0n) is 14.5. The summed E-state index contributed by atoms with van der Waals surface area (Å²) in [5, 5.41) is 2.69. The van der Waals surface area contributed by atoms with E-state index in [2.05, 4.69) is 5.32 Å². The molecule has 0 saturated heterocycles. The number of amides is 1. The Kier molecular flexibility index (Phi) is 4.45. The zero-order chi connectivity index (χ0) is 18.8. The van der Waals surface area contributed by atoms with Crippen LogP contribution in [-0.4, -0.2) is 38.0 Å². The summed E-state index contributed by atoms with van der Waals surface area (Å²) in [5.41, 5.74) is 0.799. The van der Waals surface area contributed by atoms with Gasteiger partial charge in [0.25, 0.3) is 5.91 Å². The summed E-state index contributed by atoms with van der Waals surface area (Å²) in [6.45, 7) is 2.56. The number of hydrogen-bond donors (Lipinski definition) is 1. The second kappa shape index (κ2) is 7.06. The molecule has 140 valence electrons. The third-order valence-corrected chi connectivity index (χ3v) is 4.07. The first-order valence-electron chi connectivity index (χ1n) is 8.41. The molecule has 0 fully saturated rings. The van der Waals surface area contributed by atoms with Crippen molar-refractivity contribution in [3.8, 4) is 23.0 Å². The zero-order valence-corrected chi connectivity index (χ0v) is 14.5. The number of fused-ring (bicyclic) bond motifs is 2. The van der Waals surface area contributed by atoms with Crippen LogP contribution in [0.1, 0.15) is 17.3 Å². The van der Waals surface area contributed by atoms with E-state index in [1.807, 2.05) is 0 Å². The fourth-order valence-corrected chi connectivity index (χ4v) is 2.67. The van der Waals surface area contributed by atoms with Crippen LogP contribution in [0, 0.1) is 0 Å². The molecule has 1 amide bonds. The van der Waals surface area contributed by atoms with Gasteiger partial charge in [0.2, 0.25) is 6.79 Å². The van der Waals surface area contributed by atoms with E-state index in [-0.39, 0.29) is 12.4 Å². The van der Waals surface area contributed by atoms with Crippen LogP contribution >= 0.6 is 0 Å². The van der Waals surface area contributed by atoms with Crippen molar-refractivity contribution in [2.24, 2.45) is 0 Å². The predicted octanol–water partition coefficient (Wildman–Crippen LogP) is 2.37. The molecule has 8 nitrogen and oxygen atoms in total. The Morgan fingerprint density at radius 1 is 0.926 bits per heavy atom. The molecule has 2 aliphatic heterocycles. The van der Waals surface area contributed by atoms with Crippen LogP contribution < -0.4 is 24.3 Å². The van der Waals surface area contributed by atoms with Crippen molar-refractivity contribution in [3.05, 3.63) is 42.0 Å². The van der Waals surface area contributed by atoms with Gasteiger partial charge in [0.1, 0.15) is 13.2 Å². The highest BCUT2D eigenvalue weighted by molar-refractivity contribution is 5.97. The molecular formula is C19H17NO7. The van der Waals surface area contributed by atoms with E-state index in [9.17, 15) is 9.59 Å². The van der Waals surface area contributed by atoms with Crippen LogP contribution in [0.4, 0.5) is 5.69 Å². The third kappa shape index (κ3) is 3.59. The van der Waals surface area contributed by atoms with E-state index in [0.29, 0.717) is 41.9 Å². The number of ether oxygens (including phenoxy) is 5. The van der Waals surface area contributed by atoms with Crippen molar-refractivity contribution < 1.29 is 33.3 Å². The highest BCUT2D eigenvalue weighted by Crippen LogP contribution is 2.33. The Bertz CT molecular complexity index is 896. The van der Waals surface area contributed by atoms with Gasteiger partial charge in [-0.25, -0.2) is 4.79 Å². The van der Waals surface area contributed by atoms with Crippen molar-refractivity contribution in [3.63, 3.8) is 0 Å². The fourth-order valence-electron chi connectivity index (χ4n) is 2.67. The minimum absolute atomic E-state index is 0.113. The predicted molar refractivity (Wildman–Crippen MR) is 93.5 cm³/mol. The van der Waals surface area contributed by atoms with Gasteiger partial charge in [-0.2, -0.15) is 0 Å². The first kappa shape index (κ1) is 17.0. The Labute approximate surface area is 154 Å². The monoisotopic (exact) mass is 371 g/mol. The van der Waals surface area contributed by atoms with Gasteiger partial charge in [0, 0.05) is 11.8 Å². The summed E-state index contributed by atoms with van der Waals surface area (Å²) < 4.78 is 26.6. The molecule has 2 aromatic carbocycles. The lowest BCUT2D eigenvalue weighted by molar-refractivity contribution is -0.123. The number of anilines is 1. The molecule has 1 atom stereocenters. The average Bonchev–Trinajstić information content (AvgIpc) is 3.15. The summed E-state index contributed by atoms with van der Waals surface area (Å²) in [7, 11) is 0. The third-order valence-electron chi connectivity index (χ3n) is 4.07. The molecule has 27 heavy (non-hydrogen) atoms. The maximum Gasteiger partial charge on any atom is 0.339 e. The van der Waals surface area contributed by atoms with Gasteiger partial charge in [0.05, 0.1) is 5.56 Å². The van der Waals surface area contributed by atoms with Gasteiger partial charge < -0.3 is 29.0 Å². The summed E-state index contributed by atoms with van der Waals surface area (Å²) >= 11 is 0. The SMILES string of the molecule is C[C@H](OC(=O)c1ccc2c(c1)OCO2)C(=O)Nc1ccc2c(c1)OCCO2. The van der Waals surface area contributed by atoms with Crippen LogP contribution in [0.5, 0.6) is 23.0 Å². The van der Waals surface area contributed by atoms with Crippen molar-refractivity contribution in [1.82, 2.24) is 0 Å². The highest BCUT2D eigenvalue weighted by atomic mass is 16.7. The molecule has 0 aromatic heterocycles. The normalized spacial score (nSPS) is 15.0. The lowest BCUT2D eigenvalue weighted by atomic mass is 10.2. The molecule has 0 unspecified atom stereocenters. The lowest BCUT2D eigenvalue weighted by Gasteiger charge is -2.19. The molecule has 1 N–H and O–H groups in total. The van der Waals surface area contributed by atoms with Crippen molar-refractivity contribution >= 4 is 17.6 Å². The minimum atomic E-state index is -0.990. The van der Waals surface area contributed by atoms with Crippen LogP contribution in [0.2, 0.25) is 0 Å². The Hall–Kier alpha value is -3.42. The molecule has 2 heterocycles. The van der Waals surface area contributed by atoms with E-state index in [4.69, 9.17) is 23.7 Å². The van der Waals surface area contributed by atoms with Crippen LogP contribution in [-0.2, 0) is 9.53 Å². The van der Waals surface area contributed by atoms with Gasteiger partial charge >= 0.3 is 5.97 Å². The molecule has 2 aromatic rings. The van der Waals surface area contributed by atoms with E-state index in [1.165, 1.54) is 13.0 Å². The molecule has 0 bridgehead atoms.